The van der Waals surface area contributed by atoms with Crippen LogP contribution in [0.5, 0.6) is 23.1 Å². The fourth-order valence-electron chi connectivity index (χ4n) is 3.89. The minimum absolute atomic E-state index is 0.0968. The smallest absolute Gasteiger partial charge is 0.269 e. The molecule has 6 rings (SSSR count). The Balaban J connectivity index is 1.36. The first-order valence-electron chi connectivity index (χ1n) is 11.0. The van der Waals surface area contributed by atoms with Gasteiger partial charge in [0, 0.05) is 10.7 Å². The number of nitrogens with zero attached hydrogens (tertiary/aromatic N) is 3. The van der Waals surface area contributed by atoms with Crippen LogP contribution in [-0.4, -0.2) is 31.3 Å². The van der Waals surface area contributed by atoms with Crippen LogP contribution in [0.1, 0.15) is 11.1 Å². The van der Waals surface area contributed by atoms with Crippen molar-refractivity contribution in [2.45, 2.75) is 6.54 Å². The Kier molecular flexibility index (Phi) is 6.19. The Morgan fingerprint density at radius 2 is 1.89 bits per heavy atom. The molecule has 0 N–H and O–H groups in total. The summed E-state index contributed by atoms with van der Waals surface area (Å²) in [5.74, 6) is 1.58. The highest BCUT2D eigenvalue weighted by molar-refractivity contribution is 9.10. The maximum Gasteiger partial charge on any atom is 0.269 e. The monoisotopic (exact) mass is 593 g/mol. The summed E-state index contributed by atoms with van der Waals surface area (Å²) in [6, 6.07) is 17.9. The average Bonchev–Trinajstić information content (AvgIpc) is 3.47. The number of carbonyl (C=O) groups is 1. The molecule has 1 amide bonds. The predicted molar refractivity (Wildman–Crippen MR) is 147 cm³/mol. The van der Waals surface area contributed by atoms with E-state index in [9.17, 15) is 9.59 Å². The molecule has 0 unspecified atom stereocenters. The number of thioether (sulfide) groups is 1. The van der Waals surface area contributed by atoms with Crippen LogP contribution in [0.3, 0.4) is 0 Å². The second-order valence-corrected chi connectivity index (χ2v) is 10.7. The molecule has 2 aromatic heterocycles. The number of rotatable bonds is 5. The zero-order valence-electron chi connectivity index (χ0n) is 18.9. The molecule has 4 heterocycles. The number of ether oxygens (including phenoxy) is 3. The van der Waals surface area contributed by atoms with Gasteiger partial charge in [-0.3, -0.25) is 18.9 Å². The van der Waals surface area contributed by atoms with E-state index in [1.54, 1.807) is 42.6 Å². The molecule has 2 aliphatic rings. The van der Waals surface area contributed by atoms with Crippen molar-refractivity contribution >= 4 is 61.9 Å². The summed E-state index contributed by atoms with van der Waals surface area (Å²) in [6.45, 7) is 0.429. The largest absolute Gasteiger partial charge is 0.454 e. The number of aromatic nitrogens is 2. The van der Waals surface area contributed by atoms with E-state index < -0.39 is 0 Å². The zero-order valence-corrected chi connectivity index (χ0v) is 22.1. The summed E-state index contributed by atoms with van der Waals surface area (Å²) in [7, 11) is 0. The normalized spacial score (nSPS) is 15.7. The van der Waals surface area contributed by atoms with E-state index in [1.165, 1.54) is 15.4 Å². The zero-order chi connectivity index (χ0) is 25.5. The lowest BCUT2D eigenvalue weighted by atomic mass is 10.2. The third kappa shape index (κ3) is 4.61. The van der Waals surface area contributed by atoms with Crippen LogP contribution in [-0.2, 0) is 11.3 Å². The highest BCUT2D eigenvalue weighted by Gasteiger charge is 2.33. The standard InChI is InChI=1S/C26H16BrN3O5S2/c27-16-5-7-17(8-6-16)35-23-18(24(31)29-10-2-1-3-22(29)28-23)12-21-25(32)30(26(36)37-21)13-15-4-9-19-20(11-15)34-14-33-19/h1-12H,13-14H2/b21-12+. The van der Waals surface area contributed by atoms with Crippen molar-refractivity contribution in [3.05, 3.63) is 97.7 Å². The van der Waals surface area contributed by atoms with Gasteiger partial charge in [0.2, 0.25) is 12.7 Å². The maximum atomic E-state index is 13.4. The van der Waals surface area contributed by atoms with Gasteiger partial charge in [0.15, 0.2) is 11.5 Å². The first-order chi connectivity index (χ1) is 18.0. The van der Waals surface area contributed by atoms with Gasteiger partial charge in [-0.2, -0.15) is 4.98 Å². The fraction of sp³-hybridized carbons (Fsp3) is 0.0769. The molecule has 37 heavy (non-hydrogen) atoms. The number of hydrogen-bond acceptors (Lipinski definition) is 8. The summed E-state index contributed by atoms with van der Waals surface area (Å²) < 4.78 is 19.5. The molecule has 2 aliphatic heterocycles. The lowest BCUT2D eigenvalue weighted by Crippen LogP contribution is -2.27. The number of hydrogen-bond donors (Lipinski definition) is 0. The van der Waals surface area contributed by atoms with Crippen molar-refractivity contribution in [1.29, 1.82) is 0 Å². The molecule has 11 heteroatoms. The van der Waals surface area contributed by atoms with Gasteiger partial charge in [-0.15, -0.1) is 0 Å². The molecular weight excluding hydrogens is 578 g/mol. The van der Waals surface area contributed by atoms with Crippen molar-refractivity contribution in [1.82, 2.24) is 14.3 Å². The van der Waals surface area contributed by atoms with Crippen molar-refractivity contribution in [3.8, 4) is 23.1 Å². The molecule has 0 aliphatic carbocycles. The topological polar surface area (TPSA) is 82.4 Å². The molecule has 184 valence electrons. The summed E-state index contributed by atoms with van der Waals surface area (Å²) in [4.78, 5) is 33.2. The summed E-state index contributed by atoms with van der Waals surface area (Å²) in [5.41, 5.74) is 1.05. The quantitative estimate of drug-likeness (QED) is 0.225. The van der Waals surface area contributed by atoms with Crippen LogP contribution in [0.4, 0.5) is 0 Å². The van der Waals surface area contributed by atoms with E-state index in [2.05, 4.69) is 20.9 Å². The third-order valence-electron chi connectivity index (χ3n) is 5.69. The van der Waals surface area contributed by atoms with Crippen molar-refractivity contribution < 1.29 is 19.0 Å². The second kappa shape index (κ2) is 9.66. The van der Waals surface area contributed by atoms with Crippen molar-refractivity contribution in [2.75, 3.05) is 6.79 Å². The van der Waals surface area contributed by atoms with Gasteiger partial charge < -0.3 is 14.2 Å². The second-order valence-electron chi connectivity index (χ2n) is 8.08. The molecule has 0 bridgehead atoms. The van der Waals surface area contributed by atoms with Crippen LogP contribution in [0, 0.1) is 0 Å². The van der Waals surface area contributed by atoms with Crippen molar-refractivity contribution in [3.63, 3.8) is 0 Å². The number of fused-ring (bicyclic) bond motifs is 2. The average molecular weight is 594 g/mol. The van der Waals surface area contributed by atoms with Gasteiger partial charge in [-0.25, -0.2) is 0 Å². The number of carbonyl (C=O) groups excluding carboxylic acids is 1. The fourth-order valence-corrected chi connectivity index (χ4v) is 5.39. The number of amides is 1. The molecule has 1 saturated heterocycles. The van der Waals surface area contributed by atoms with Crippen LogP contribution < -0.4 is 19.8 Å². The molecular formula is C26H16BrN3O5S2. The molecule has 0 radical (unpaired) electrons. The predicted octanol–water partition coefficient (Wildman–Crippen LogP) is 5.38. The number of benzene rings is 2. The Bertz CT molecular complexity index is 1670. The first kappa shape index (κ1) is 23.7. The maximum absolute atomic E-state index is 13.4. The number of thiocarbonyl (C=S) groups is 1. The molecule has 0 saturated carbocycles. The molecule has 0 atom stereocenters. The minimum Gasteiger partial charge on any atom is -0.454 e. The van der Waals surface area contributed by atoms with E-state index >= 15 is 0 Å². The van der Waals surface area contributed by atoms with E-state index in [0.717, 1.165) is 21.8 Å². The molecule has 4 aromatic rings. The lowest BCUT2D eigenvalue weighted by molar-refractivity contribution is -0.122. The van der Waals surface area contributed by atoms with Gasteiger partial charge in [-0.1, -0.05) is 52.0 Å². The van der Waals surface area contributed by atoms with Gasteiger partial charge in [-0.05, 0) is 60.2 Å². The minimum atomic E-state index is -0.362. The Morgan fingerprint density at radius 3 is 2.73 bits per heavy atom. The first-order valence-corrected chi connectivity index (χ1v) is 13.1. The highest BCUT2D eigenvalue weighted by atomic mass is 79.9. The van der Waals surface area contributed by atoms with Crippen LogP contribution in [0.2, 0.25) is 0 Å². The van der Waals surface area contributed by atoms with E-state index in [1.807, 2.05) is 24.3 Å². The van der Waals surface area contributed by atoms with Crippen molar-refractivity contribution in [2.24, 2.45) is 0 Å². The highest BCUT2D eigenvalue weighted by Crippen LogP contribution is 2.37. The van der Waals surface area contributed by atoms with Gasteiger partial charge >= 0.3 is 0 Å². The summed E-state index contributed by atoms with van der Waals surface area (Å²) in [5, 5.41) is 0. The van der Waals surface area contributed by atoms with E-state index in [0.29, 0.717) is 32.1 Å². The molecule has 8 nitrogen and oxygen atoms in total. The third-order valence-corrected chi connectivity index (χ3v) is 7.60. The Hall–Kier alpha value is -3.67. The van der Waals surface area contributed by atoms with Crippen LogP contribution >= 0.6 is 39.9 Å². The number of halogens is 1. The van der Waals surface area contributed by atoms with Gasteiger partial charge in [0.25, 0.3) is 11.5 Å². The molecule has 1 fully saturated rings. The van der Waals surface area contributed by atoms with Gasteiger partial charge in [0.1, 0.15) is 21.3 Å². The SMILES string of the molecule is O=C1/C(=C\c2c(Oc3ccc(Br)cc3)nc3ccccn3c2=O)SC(=S)N1Cc1ccc2c(c1)OCO2. The summed E-state index contributed by atoms with van der Waals surface area (Å²) in [6.07, 6.45) is 3.12. The Labute approximate surface area is 228 Å². The molecule has 0 spiro atoms. The van der Waals surface area contributed by atoms with Crippen LogP contribution in [0.25, 0.3) is 11.7 Å². The molecule has 2 aromatic carbocycles. The van der Waals surface area contributed by atoms with E-state index in [4.69, 9.17) is 26.4 Å². The van der Waals surface area contributed by atoms with E-state index in [-0.39, 0.29) is 36.2 Å². The number of pyridine rings is 1. The van der Waals surface area contributed by atoms with Crippen LogP contribution in [0.15, 0.2) is 81.0 Å². The summed E-state index contributed by atoms with van der Waals surface area (Å²) >= 11 is 10.0. The Morgan fingerprint density at radius 1 is 1.08 bits per heavy atom. The lowest BCUT2D eigenvalue weighted by Gasteiger charge is -2.14. The van der Waals surface area contributed by atoms with Gasteiger partial charge in [0.05, 0.1) is 11.4 Å².